The zero-order valence-corrected chi connectivity index (χ0v) is 12.0. The van der Waals surface area contributed by atoms with Gasteiger partial charge in [-0.25, -0.2) is 4.79 Å². The number of ether oxygens (including phenoxy) is 3. The smallest absolute Gasteiger partial charge is 0.433 e. The molecule has 1 aliphatic heterocycles. The fourth-order valence-electron chi connectivity index (χ4n) is 2.47. The molecule has 2 rings (SSSR count). The summed E-state index contributed by atoms with van der Waals surface area (Å²) in [6.07, 6.45) is 2.06. The standard InChI is InChI=1S/C16H20O4/c1-4-12-6-7-14(8-13(12)9-18-3)16(5-2)10-19-15(17)20-11-16/h4,6-8H,1,5,9-11H2,2-3H3. The van der Waals surface area contributed by atoms with Crippen molar-refractivity contribution in [1.29, 1.82) is 0 Å². The Kier molecular flexibility index (Phi) is 4.45. The maximum atomic E-state index is 11.1. The zero-order chi connectivity index (χ0) is 14.6. The van der Waals surface area contributed by atoms with Gasteiger partial charge in [-0.3, -0.25) is 0 Å². The summed E-state index contributed by atoms with van der Waals surface area (Å²) in [7, 11) is 1.67. The van der Waals surface area contributed by atoms with Crippen LogP contribution in [0.15, 0.2) is 24.8 Å². The Hall–Kier alpha value is -1.81. The van der Waals surface area contributed by atoms with E-state index in [-0.39, 0.29) is 5.41 Å². The molecule has 0 amide bonds. The lowest BCUT2D eigenvalue weighted by Crippen LogP contribution is -2.42. The second kappa shape index (κ2) is 6.09. The number of methoxy groups -OCH3 is 1. The summed E-state index contributed by atoms with van der Waals surface area (Å²) in [5, 5.41) is 0. The van der Waals surface area contributed by atoms with Gasteiger partial charge in [0.2, 0.25) is 0 Å². The van der Waals surface area contributed by atoms with Crippen LogP contribution in [0.5, 0.6) is 0 Å². The minimum absolute atomic E-state index is 0.282. The lowest BCUT2D eigenvalue weighted by atomic mass is 9.78. The summed E-state index contributed by atoms with van der Waals surface area (Å²) >= 11 is 0. The third-order valence-corrected chi connectivity index (χ3v) is 3.88. The molecule has 0 saturated carbocycles. The quantitative estimate of drug-likeness (QED) is 0.774. The van der Waals surface area contributed by atoms with Crippen LogP contribution in [0.25, 0.3) is 6.08 Å². The third kappa shape index (κ3) is 2.70. The van der Waals surface area contributed by atoms with Crippen LogP contribution in [0.1, 0.15) is 30.0 Å². The zero-order valence-electron chi connectivity index (χ0n) is 12.0. The molecule has 1 aromatic rings. The lowest BCUT2D eigenvalue weighted by molar-refractivity contribution is -0.0286. The van der Waals surface area contributed by atoms with Gasteiger partial charge in [-0.15, -0.1) is 0 Å². The molecule has 20 heavy (non-hydrogen) atoms. The molecule has 0 spiro atoms. The van der Waals surface area contributed by atoms with Crippen LogP contribution in [0, 0.1) is 0 Å². The Morgan fingerprint density at radius 2 is 2.10 bits per heavy atom. The number of cyclic esters (lactones) is 2. The van der Waals surface area contributed by atoms with Crippen LogP contribution < -0.4 is 0 Å². The van der Waals surface area contributed by atoms with E-state index in [9.17, 15) is 4.79 Å². The molecule has 0 unspecified atom stereocenters. The first kappa shape index (κ1) is 14.6. The number of rotatable bonds is 5. The van der Waals surface area contributed by atoms with E-state index in [0.29, 0.717) is 19.8 Å². The van der Waals surface area contributed by atoms with Crippen LogP contribution in [0.4, 0.5) is 4.79 Å². The molecule has 0 aliphatic carbocycles. The Balaban J connectivity index is 2.37. The molecule has 4 nitrogen and oxygen atoms in total. The maximum Gasteiger partial charge on any atom is 0.508 e. The largest absolute Gasteiger partial charge is 0.508 e. The van der Waals surface area contributed by atoms with Gasteiger partial charge in [-0.2, -0.15) is 0 Å². The topological polar surface area (TPSA) is 44.8 Å². The Labute approximate surface area is 119 Å². The van der Waals surface area contributed by atoms with Gasteiger partial charge in [-0.05, 0) is 23.1 Å². The lowest BCUT2D eigenvalue weighted by Gasteiger charge is -2.35. The van der Waals surface area contributed by atoms with Gasteiger partial charge >= 0.3 is 6.16 Å². The van der Waals surface area contributed by atoms with E-state index in [1.807, 2.05) is 18.2 Å². The van der Waals surface area contributed by atoms with Gasteiger partial charge < -0.3 is 14.2 Å². The first-order chi connectivity index (χ1) is 9.65. The summed E-state index contributed by atoms with van der Waals surface area (Å²) in [5.74, 6) is 0. The van der Waals surface area contributed by atoms with Gasteiger partial charge in [0.05, 0.1) is 12.0 Å². The van der Waals surface area contributed by atoms with Crippen molar-refractivity contribution in [2.24, 2.45) is 0 Å². The van der Waals surface area contributed by atoms with E-state index in [4.69, 9.17) is 14.2 Å². The summed E-state index contributed by atoms with van der Waals surface area (Å²) in [6, 6.07) is 6.15. The Morgan fingerprint density at radius 1 is 1.40 bits per heavy atom. The molecule has 1 aromatic carbocycles. The van der Waals surface area contributed by atoms with E-state index in [0.717, 1.165) is 23.1 Å². The van der Waals surface area contributed by atoms with E-state index < -0.39 is 6.16 Å². The van der Waals surface area contributed by atoms with Gasteiger partial charge in [0.1, 0.15) is 13.2 Å². The first-order valence-electron chi connectivity index (χ1n) is 6.69. The number of carbonyl (C=O) groups is 1. The molecule has 0 aromatic heterocycles. The molecule has 1 aliphatic rings. The SMILES string of the molecule is C=Cc1ccc(C2(CC)COC(=O)OC2)cc1COC. The molecule has 4 heteroatoms. The monoisotopic (exact) mass is 276 g/mol. The fourth-order valence-corrected chi connectivity index (χ4v) is 2.47. The highest BCUT2D eigenvalue weighted by Gasteiger charge is 2.38. The van der Waals surface area contributed by atoms with Crippen molar-refractivity contribution in [1.82, 2.24) is 0 Å². The Morgan fingerprint density at radius 3 is 2.65 bits per heavy atom. The minimum atomic E-state index is -0.589. The van der Waals surface area contributed by atoms with E-state index in [1.165, 1.54) is 0 Å². The van der Waals surface area contributed by atoms with Crippen molar-refractivity contribution < 1.29 is 19.0 Å². The fraction of sp³-hybridized carbons (Fsp3) is 0.438. The van der Waals surface area contributed by atoms with E-state index in [2.05, 4.69) is 19.6 Å². The second-order valence-electron chi connectivity index (χ2n) is 5.01. The molecule has 1 heterocycles. The van der Waals surface area contributed by atoms with Crippen molar-refractivity contribution >= 4 is 12.2 Å². The van der Waals surface area contributed by atoms with Crippen LogP contribution in [0.3, 0.4) is 0 Å². The molecule has 1 saturated heterocycles. The highest BCUT2D eigenvalue weighted by Crippen LogP contribution is 2.33. The van der Waals surface area contributed by atoms with Crippen LogP contribution in [0.2, 0.25) is 0 Å². The highest BCUT2D eigenvalue weighted by atomic mass is 16.7. The van der Waals surface area contributed by atoms with Gasteiger partial charge in [0, 0.05) is 7.11 Å². The van der Waals surface area contributed by atoms with Gasteiger partial charge in [0.15, 0.2) is 0 Å². The maximum absolute atomic E-state index is 11.1. The molecule has 1 fully saturated rings. The summed E-state index contributed by atoms with van der Waals surface area (Å²) in [5.41, 5.74) is 2.95. The van der Waals surface area contributed by atoms with Crippen LogP contribution >= 0.6 is 0 Å². The summed E-state index contributed by atoms with van der Waals surface area (Å²) in [6.45, 7) is 7.11. The van der Waals surface area contributed by atoms with Crippen molar-refractivity contribution in [2.75, 3.05) is 20.3 Å². The number of hydrogen-bond donors (Lipinski definition) is 0. The third-order valence-electron chi connectivity index (χ3n) is 3.88. The average Bonchev–Trinajstić information content (AvgIpc) is 2.49. The van der Waals surface area contributed by atoms with E-state index >= 15 is 0 Å². The molecule has 0 radical (unpaired) electrons. The Bertz CT molecular complexity index is 497. The molecule has 0 N–H and O–H groups in total. The van der Waals surface area contributed by atoms with Crippen molar-refractivity contribution in [2.45, 2.75) is 25.4 Å². The molecular formula is C16H20O4. The van der Waals surface area contributed by atoms with Crippen LogP contribution in [-0.2, 0) is 26.2 Å². The minimum Gasteiger partial charge on any atom is -0.433 e. The number of carbonyl (C=O) groups excluding carboxylic acids is 1. The molecule has 0 atom stereocenters. The van der Waals surface area contributed by atoms with E-state index in [1.54, 1.807) is 7.11 Å². The molecule has 108 valence electrons. The average molecular weight is 276 g/mol. The summed E-state index contributed by atoms with van der Waals surface area (Å²) in [4.78, 5) is 11.1. The first-order valence-corrected chi connectivity index (χ1v) is 6.69. The van der Waals surface area contributed by atoms with Crippen molar-refractivity contribution in [3.8, 4) is 0 Å². The van der Waals surface area contributed by atoms with Crippen molar-refractivity contribution in [3.63, 3.8) is 0 Å². The predicted molar refractivity (Wildman–Crippen MR) is 76.5 cm³/mol. The van der Waals surface area contributed by atoms with Gasteiger partial charge in [-0.1, -0.05) is 37.8 Å². The van der Waals surface area contributed by atoms with Crippen molar-refractivity contribution in [3.05, 3.63) is 41.5 Å². The summed E-state index contributed by atoms with van der Waals surface area (Å²) < 4.78 is 15.4. The number of hydrogen-bond acceptors (Lipinski definition) is 4. The second-order valence-corrected chi connectivity index (χ2v) is 5.01. The molecule has 0 bridgehead atoms. The molecular weight excluding hydrogens is 256 g/mol. The van der Waals surface area contributed by atoms with Gasteiger partial charge in [0.25, 0.3) is 0 Å². The highest BCUT2D eigenvalue weighted by molar-refractivity contribution is 5.61. The van der Waals surface area contributed by atoms with Crippen LogP contribution in [-0.4, -0.2) is 26.5 Å². The number of benzene rings is 1. The normalized spacial score (nSPS) is 17.2. The predicted octanol–water partition coefficient (Wildman–Crippen LogP) is 3.29.